The number of alkyl halides is 3. The lowest BCUT2D eigenvalue weighted by Crippen LogP contribution is -2.31. The number of rotatable bonds is 8. The molecule has 2 N–H and O–H groups in total. The number of benzene rings is 2. The molecule has 1 aliphatic heterocycles. The van der Waals surface area contributed by atoms with Gasteiger partial charge in [0, 0.05) is 37.4 Å². The lowest BCUT2D eigenvalue weighted by Gasteiger charge is -2.25. The van der Waals surface area contributed by atoms with Crippen LogP contribution in [0.4, 0.5) is 34.9 Å². The van der Waals surface area contributed by atoms with Gasteiger partial charge >= 0.3 is 6.18 Å². The maximum absolute atomic E-state index is 13.9. The third kappa shape index (κ3) is 6.97. The van der Waals surface area contributed by atoms with E-state index in [0.29, 0.717) is 48.1 Å². The van der Waals surface area contributed by atoms with E-state index in [1.54, 1.807) is 35.4 Å². The molecule has 11 heteroatoms. The second kappa shape index (κ2) is 11.8. The monoisotopic (exact) mass is 530 g/mol. The van der Waals surface area contributed by atoms with Crippen LogP contribution in [0.1, 0.15) is 40.0 Å². The van der Waals surface area contributed by atoms with Gasteiger partial charge in [-0.2, -0.15) is 13.2 Å². The molecule has 4 rings (SSSR count). The van der Waals surface area contributed by atoms with Crippen LogP contribution in [-0.4, -0.2) is 54.5 Å². The molecule has 0 fully saturated rings. The number of hydrogen-bond acceptors (Lipinski definition) is 6. The fourth-order valence-corrected chi connectivity index (χ4v) is 4.27. The van der Waals surface area contributed by atoms with Gasteiger partial charge in [0.2, 0.25) is 0 Å². The van der Waals surface area contributed by atoms with Gasteiger partial charge in [0.25, 0.3) is 5.91 Å². The molecule has 1 aliphatic rings. The van der Waals surface area contributed by atoms with E-state index in [1.807, 2.05) is 19.0 Å². The molecule has 2 heterocycles. The van der Waals surface area contributed by atoms with Gasteiger partial charge in [0.1, 0.15) is 5.82 Å². The number of nitrogens with zero attached hydrogens (tertiary/aromatic N) is 4. The van der Waals surface area contributed by atoms with Gasteiger partial charge in [0.05, 0.1) is 17.5 Å². The zero-order chi connectivity index (χ0) is 27.3. The van der Waals surface area contributed by atoms with Crippen molar-refractivity contribution in [2.45, 2.75) is 32.0 Å². The SMILES string of the molecule is CN(C)CCNC(=O)c1ccc(Nc2cnc3c(n2)N(Cc2cc(F)ccc2C(F)(F)F)CCCC3)cc1. The van der Waals surface area contributed by atoms with Crippen molar-refractivity contribution in [2.75, 3.05) is 43.9 Å². The van der Waals surface area contributed by atoms with Crippen LogP contribution in [0.2, 0.25) is 0 Å². The molecule has 1 amide bonds. The van der Waals surface area contributed by atoms with E-state index in [4.69, 9.17) is 0 Å². The molecule has 0 bridgehead atoms. The third-order valence-electron chi connectivity index (χ3n) is 6.22. The summed E-state index contributed by atoms with van der Waals surface area (Å²) in [6.45, 7) is 1.59. The average Bonchev–Trinajstić information content (AvgIpc) is 3.05. The third-order valence-corrected chi connectivity index (χ3v) is 6.22. The van der Waals surface area contributed by atoms with Crippen molar-refractivity contribution in [3.63, 3.8) is 0 Å². The van der Waals surface area contributed by atoms with Crippen LogP contribution >= 0.6 is 0 Å². The van der Waals surface area contributed by atoms with Crippen molar-refractivity contribution < 1.29 is 22.4 Å². The number of nitrogens with one attached hydrogen (secondary N) is 2. The highest BCUT2D eigenvalue weighted by Gasteiger charge is 2.34. The summed E-state index contributed by atoms with van der Waals surface area (Å²) in [5.41, 5.74) is 0.864. The summed E-state index contributed by atoms with van der Waals surface area (Å²) in [5, 5.41) is 6.01. The fraction of sp³-hybridized carbons (Fsp3) is 0.370. The number of aromatic nitrogens is 2. The first-order valence-electron chi connectivity index (χ1n) is 12.4. The van der Waals surface area contributed by atoms with Gasteiger partial charge in [-0.25, -0.2) is 9.37 Å². The highest BCUT2D eigenvalue weighted by Crippen LogP contribution is 2.34. The predicted molar refractivity (Wildman–Crippen MR) is 138 cm³/mol. The highest BCUT2D eigenvalue weighted by molar-refractivity contribution is 5.94. The number of hydrogen-bond donors (Lipinski definition) is 2. The second-order valence-electron chi connectivity index (χ2n) is 9.46. The molecule has 7 nitrogen and oxygen atoms in total. The summed E-state index contributed by atoms with van der Waals surface area (Å²) < 4.78 is 54.6. The van der Waals surface area contributed by atoms with Crippen molar-refractivity contribution >= 4 is 23.2 Å². The smallest absolute Gasteiger partial charge is 0.351 e. The minimum Gasteiger partial charge on any atom is -0.351 e. The normalized spacial score (nSPS) is 13.7. The maximum Gasteiger partial charge on any atom is 0.416 e. The Kier molecular flexibility index (Phi) is 8.45. The van der Waals surface area contributed by atoms with Gasteiger partial charge in [-0.05, 0) is 81.4 Å². The number of fused-ring (bicyclic) bond motifs is 1. The van der Waals surface area contributed by atoms with Gasteiger partial charge in [-0.15, -0.1) is 0 Å². The summed E-state index contributed by atoms with van der Waals surface area (Å²) >= 11 is 0. The summed E-state index contributed by atoms with van der Waals surface area (Å²) in [6.07, 6.45) is -0.810. The summed E-state index contributed by atoms with van der Waals surface area (Å²) in [6, 6.07) is 9.41. The van der Waals surface area contributed by atoms with Crippen LogP contribution in [0.5, 0.6) is 0 Å². The first kappa shape index (κ1) is 27.3. The standard InChI is InChI=1S/C27H30F4N6O/c1-36(2)14-12-32-26(38)18-6-9-21(10-7-18)34-24-16-33-23-5-3-4-13-37(25(23)35-24)17-19-15-20(28)8-11-22(19)27(29,30)31/h6-11,15-16H,3-5,12-14,17H2,1-2H3,(H,32,38)(H,34,35). The number of halogens is 4. The van der Waals surface area contributed by atoms with Crippen molar-refractivity contribution in [1.82, 2.24) is 20.2 Å². The van der Waals surface area contributed by atoms with Gasteiger partial charge in [-0.1, -0.05) is 0 Å². The van der Waals surface area contributed by atoms with Crippen LogP contribution in [-0.2, 0) is 19.1 Å². The van der Waals surface area contributed by atoms with Crippen molar-refractivity contribution in [3.05, 3.63) is 76.9 Å². The van der Waals surface area contributed by atoms with Gasteiger partial charge < -0.3 is 20.4 Å². The lowest BCUT2D eigenvalue weighted by atomic mass is 10.1. The number of carbonyl (C=O) groups excluding carboxylic acids is 1. The Balaban J connectivity index is 1.52. The zero-order valence-electron chi connectivity index (χ0n) is 21.3. The average molecular weight is 531 g/mol. The molecule has 0 radical (unpaired) electrons. The molecule has 38 heavy (non-hydrogen) atoms. The Bertz CT molecular complexity index is 1260. The van der Waals surface area contributed by atoms with Crippen LogP contribution < -0.4 is 15.5 Å². The van der Waals surface area contributed by atoms with Crippen LogP contribution in [0, 0.1) is 5.82 Å². The van der Waals surface area contributed by atoms with E-state index in [2.05, 4.69) is 20.6 Å². The lowest BCUT2D eigenvalue weighted by molar-refractivity contribution is -0.138. The molecular weight excluding hydrogens is 500 g/mol. The Hall–Kier alpha value is -3.73. The van der Waals surface area contributed by atoms with Gasteiger partial charge in [0.15, 0.2) is 11.6 Å². The van der Waals surface area contributed by atoms with Gasteiger partial charge in [-0.3, -0.25) is 9.78 Å². The Morgan fingerprint density at radius 2 is 1.87 bits per heavy atom. The Morgan fingerprint density at radius 1 is 1.11 bits per heavy atom. The quantitative estimate of drug-likeness (QED) is 0.399. The molecule has 0 aliphatic carbocycles. The minimum atomic E-state index is -4.60. The van der Waals surface area contributed by atoms with Crippen molar-refractivity contribution in [2.24, 2.45) is 0 Å². The number of likely N-dealkylation sites (N-methyl/N-ethyl adjacent to an activating group) is 1. The van der Waals surface area contributed by atoms with Crippen LogP contribution in [0.25, 0.3) is 0 Å². The molecule has 0 saturated heterocycles. The first-order chi connectivity index (χ1) is 18.1. The van der Waals surface area contributed by atoms with E-state index in [1.165, 1.54) is 0 Å². The van der Waals surface area contributed by atoms with E-state index in [9.17, 15) is 22.4 Å². The van der Waals surface area contributed by atoms with Crippen molar-refractivity contribution in [1.29, 1.82) is 0 Å². The highest BCUT2D eigenvalue weighted by atomic mass is 19.4. The van der Waals surface area contributed by atoms with Crippen LogP contribution in [0.15, 0.2) is 48.7 Å². The predicted octanol–water partition coefficient (Wildman–Crippen LogP) is 5.01. The number of aryl methyl sites for hydroxylation is 1. The Morgan fingerprint density at radius 3 is 2.58 bits per heavy atom. The Labute approximate surface area is 218 Å². The first-order valence-corrected chi connectivity index (χ1v) is 12.4. The van der Waals surface area contributed by atoms with E-state index < -0.39 is 17.6 Å². The summed E-state index contributed by atoms with van der Waals surface area (Å²) in [4.78, 5) is 25.2. The molecule has 2 aromatic carbocycles. The second-order valence-corrected chi connectivity index (χ2v) is 9.46. The van der Waals surface area contributed by atoms with E-state index in [-0.39, 0.29) is 18.0 Å². The molecule has 0 spiro atoms. The molecule has 202 valence electrons. The summed E-state index contributed by atoms with van der Waals surface area (Å²) in [5.74, 6) is -0.00953. The van der Waals surface area contributed by atoms with Crippen molar-refractivity contribution in [3.8, 4) is 0 Å². The number of anilines is 3. The minimum absolute atomic E-state index is 0.143. The molecule has 1 aromatic heterocycles. The molecular formula is C27H30F4N6O. The molecule has 3 aromatic rings. The largest absolute Gasteiger partial charge is 0.416 e. The summed E-state index contributed by atoms with van der Waals surface area (Å²) in [7, 11) is 3.86. The zero-order valence-corrected chi connectivity index (χ0v) is 21.3. The molecule has 0 atom stereocenters. The van der Waals surface area contributed by atoms with E-state index >= 15 is 0 Å². The number of carbonyl (C=O) groups is 1. The molecule has 0 saturated carbocycles. The molecule has 0 unspecified atom stereocenters. The fourth-order valence-electron chi connectivity index (χ4n) is 4.27. The maximum atomic E-state index is 13.9. The van der Waals surface area contributed by atoms with E-state index in [0.717, 1.165) is 37.6 Å². The topological polar surface area (TPSA) is 73.4 Å². The number of amides is 1. The van der Waals surface area contributed by atoms with Crippen LogP contribution in [0.3, 0.4) is 0 Å².